The van der Waals surface area contributed by atoms with Gasteiger partial charge in [0, 0.05) is 24.1 Å². The van der Waals surface area contributed by atoms with Gasteiger partial charge in [0.05, 0.1) is 11.5 Å². The highest BCUT2D eigenvalue weighted by molar-refractivity contribution is 7.91. The Morgan fingerprint density at radius 2 is 1.78 bits per heavy atom. The molecule has 126 valence electrons. The Morgan fingerprint density at radius 1 is 1.09 bits per heavy atom. The molecule has 1 saturated heterocycles. The molecule has 0 aromatic heterocycles. The third-order valence-electron chi connectivity index (χ3n) is 5.70. The van der Waals surface area contributed by atoms with Gasteiger partial charge in [0.2, 0.25) is 0 Å². The van der Waals surface area contributed by atoms with Crippen molar-refractivity contribution in [2.75, 3.05) is 11.5 Å². The second kappa shape index (κ2) is 5.78. The summed E-state index contributed by atoms with van der Waals surface area (Å²) >= 11 is 0. The Kier molecular flexibility index (Phi) is 3.88. The molecule has 0 radical (unpaired) electrons. The van der Waals surface area contributed by atoms with Gasteiger partial charge in [-0.1, -0.05) is 18.2 Å². The third-order valence-corrected chi connectivity index (χ3v) is 7.42. The van der Waals surface area contributed by atoms with Crippen molar-refractivity contribution >= 4 is 9.84 Å². The molecule has 1 aromatic rings. The predicted octanol–water partition coefficient (Wildman–Crippen LogP) is 2.99. The molecule has 1 unspecified atom stereocenters. The van der Waals surface area contributed by atoms with Gasteiger partial charge >= 0.3 is 0 Å². The van der Waals surface area contributed by atoms with Crippen molar-refractivity contribution in [2.24, 2.45) is 0 Å². The third kappa shape index (κ3) is 3.13. The first kappa shape index (κ1) is 15.5. The summed E-state index contributed by atoms with van der Waals surface area (Å²) in [6.45, 7) is 0. The lowest BCUT2D eigenvalue weighted by atomic mass is 9.85. The zero-order valence-electron chi connectivity index (χ0n) is 13.5. The fraction of sp³-hybridized carbons (Fsp3) is 0.667. The molecule has 1 spiro atoms. The van der Waals surface area contributed by atoms with E-state index >= 15 is 0 Å². The van der Waals surface area contributed by atoms with Crippen LogP contribution in [0.3, 0.4) is 0 Å². The molecule has 1 aliphatic carbocycles. The maximum absolute atomic E-state index is 11.6. The first-order valence-electron chi connectivity index (χ1n) is 8.80. The lowest BCUT2D eigenvalue weighted by molar-refractivity contribution is 0.0345. The van der Waals surface area contributed by atoms with Gasteiger partial charge in [0.15, 0.2) is 0 Å². The van der Waals surface area contributed by atoms with Crippen LogP contribution in [0, 0.1) is 0 Å². The number of hydrogen-bond acceptors (Lipinski definition) is 4. The molecule has 1 atom stereocenters. The van der Waals surface area contributed by atoms with Gasteiger partial charge in [-0.05, 0) is 44.6 Å². The zero-order valence-corrected chi connectivity index (χ0v) is 14.3. The van der Waals surface area contributed by atoms with E-state index < -0.39 is 9.84 Å². The Bertz CT molecular complexity index is 665. The molecule has 0 amide bonds. The van der Waals surface area contributed by atoms with Gasteiger partial charge in [-0.2, -0.15) is 0 Å². The van der Waals surface area contributed by atoms with Crippen LogP contribution in [0.2, 0.25) is 0 Å². The quantitative estimate of drug-likeness (QED) is 0.903. The Labute approximate surface area is 138 Å². The molecule has 1 aromatic carbocycles. The highest BCUT2D eigenvalue weighted by Crippen LogP contribution is 2.47. The second-order valence-electron chi connectivity index (χ2n) is 7.38. The van der Waals surface area contributed by atoms with Gasteiger partial charge in [-0.15, -0.1) is 0 Å². The lowest BCUT2D eigenvalue weighted by Gasteiger charge is -2.42. The van der Waals surface area contributed by atoms with Crippen LogP contribution in [0.4, 0.5) is 0 Å². The molecule has 4 rings (SSSR count). The molecule has 0 bridgehead atoms. The SMILES string of the molecule is O=S1(=O)CCC(NC2CC3(CCCC3)Oc3ccccc32)CC1. The minimum absolute atomic E-state index is 0.00718. The van der Waals surface area contributed by atoms with Crippen molar-refractivity contribution < 1.29 is 13.2 Å². The molecule has 2 aliphatic heterocycles. The Balaban J connectivity index is 1.55. The molecular weight excluding hydrogens is 310 g/mol. The zero-order chi connectivity index (χ0) is 15.9. The molecule has 2 fully saturated rings. The van der Waals surface area contributed by atoms with E-state index in [-0.39, 0.29) is 11.6 Å². The van der Waals surface area contributed by atoms with Crippen molar-refractivity contribution in [3.05, 3.63) is 29.8 Å². The molecule has 1 saturated carbocycles. The summed E-state index contributed by atoms with van der Waals surface area (Å²) in [5.74, 6) is 1.66. The first-order valence-corrected chi connectivity index (χ1v) is 10.6. The van der Waals surface area contributed by atoms with Crippen LogP contribution < -0.4 is 10.1 Å². The van der Waals surface area contributed by atoms with Crippen molar-refractivity contribution in [3.8, 4) is 5.75 Å². The average Bonchev–Trinajstić information content (AvgIpc) is 2.97. The molecule has 5 heteroatoms. The summed E-state index contributed by atoms with van der Waals surface area (Å²) in [5, 5.41) is 3.76. The number of benzene rings is 1. The first-order chi connectivity index (χ1) is 11.1. The lowest BCUT2D eigenvalue weighted by Crippen LogP contribution is -2.46. The fourth-order valence-electron chi connectivity index (χ4n) is 4.43. The highest BCUT2D eigenvalue weighted by Gasteiger charge is 2.43. The van der Waals surface area contributed by atoms with E-state index in [1.807, 2.05) is 6.07 Å². The minimum Gasteiger partial charge on any atom is -0.487 e. The standard InChI is InChI=1S/C18H25NO3S/c20-23(21)11-7-14(8-12-23)19-16-13-18(9-3-4-10-18)22-17-6-2-1-5-15(16)17/h1-2,5-6,14,16,19H,3-4,7-13H2. The van der Waals surface area contributed by atoms with E-state index in [4.69, 9.17) is 4.74 Å². The summed E-state index contributed by atoms with van der Waals surface area (Å²) in [6.07, 6.45) is 7.24. The average molecular weight is 335 g/mol. The van der Waals surface area contributed by atoms with Crippen LogP contribution in [0.15, 0.2) is 24.3 Å². The number of nitrogens with one attached hydrogen (secondary N) is 1. The maximum atomic E-state index is 11.6. The summed E-state index contributed by atoms with van der Waals surface area (Å²) < 4.78 is 29.7. The van der Waals surface area contributed by atoms with Crippen LogP contribution >= 0.6 is 0 Å². The molecule has 1 N–H and O–H groups in total. The van der Waals surface area contributed by atoms with Gasteiger partial charge < -0.3 is 10.1 Å². The molecule has 23 heavy (non-hydrogen) atoms. The summed E-state index contributed by atoms with van der Waals surface area (Å²) in [7, 11) is -2.80. The molecular formula is C18H25NO3S. The monoisotopic (exact) mass is 335 g/mol. The number of ether oxygens (including phenoxy) is 1. The van der Waals surface area contributed by atoms with Crippen LogP contribution in [0.5, 0.6) is 5.75 Å². The number of para-hydroxylation sites is 1. The normalized spacial score (nSPS) is 29.1. The van der Waals surface area contributed by atoms with Gasteiger partial charge in [0.25, 0.3) is 0 Å². The number of rotatable bonds is 2. The molecule has 3 aliphatic rings. The largest absolute Gasteiger partial charge is 0.487 e. The summed E-state index contributed by atoms with van der Waals surface area (Å²) in [5.41, 5.74) is 1.23. The minimum atomic E-state index is -2.80. The molecule has 2 heterocycles. The van der Waals surface area contributed by atoms with Crippen molar-refractivity contribution in [1.82, 2.24) is 5.32 Å². The van der Waals surface area contributed by atoms with Crippen LogP contribution in [-0.2, 0) is 9.84 Å². The topological polar surface area (TPSA) is 55.4 Å². The number of hydrogen-bond donors (Lipinski definition) is 1. The predicted molar refractivity (Wildman–Crippen MR) is 90.4 cm³/mol. The van der Waals surface area contributed by atoms with E-state index in [1.54, 1.807) is 0 Å². The van der Waals surface area contributed by atoms with Gasteiger partial charge in [-0.3, -0.25) is 0 Å². The van der Waals surface area contributed by atoms with Crippen LogP contribution in [0.1, 0.15) is 56.6 Å². The van der Waals surface area contributed by atoms with E-state index in [0.717, 1.165) is 37.9 Å². The Morgan fingerprint density at radius 3 is 2.52 bits per heavy atom. The van der Waals surface area contributed by atoms with Crippen LogP contribution in [0.25, 0.3) is 0 Å². The maximum Gasteiger partial charge on any atom is 0.150 e. The summed E-state index contributed by atoms with van der Waals surface area (Å²) in [4.78, 5) is 0. The van der Waals surface area contributed by atoms with Crippen molar-refractivity contribution in [2.45, 2.75) is 62.6 Å². The number of sulfone groups is 1. The van der Waals surface area contributed by atoms with Crippen molar-refractivity contribution in [1.29, 1.82) is 0 Å². The highest BCUT2D eigenvalue weighted by atomic mass is 32.2. The van der Waals surface area contributed by atoms with Gasteiger partial charge in [-0.25, -0.2) is 8.42 Å². The number of fused-ring (bicyclic) bond motifs is 1. The van der Waals surface area contributed by atoms with E-state index in [1.165, 1.54) is 18.4 Å². The second-order valence-corrected chi connectivity index (χ2v) is 9.68. The Hall–Kier alpha value is -1.07. The van der Waals surface area contributed by atoms with Gasteiger partial charge in [0.1, 0.15) is 21.2 Å². The van der Waals surface area contributed by atoms with Crippen LogP contribution in [-0.4, -0.2) is 31.6 Å². The van der Waals surface area contributed by atoms with E-state index in [2.05, 4.69) is 23.5 Å². The van der Waals surface area contributed by atoms with Crippen molar-refractivity contribution in [3.63, 3.8) is 0 Å². The van der Waals surface area contributed by atoms with E-state index in [0.29, 0.717) is 17.5 Å². The van der Waals surface area contributed by atoms with E-state index in [9.17, 15) is 8.42 Å². The fourth-order valence-corrected chi connectivity index (χ4v) is 5.93. The smallest absolute Gasteiger partial charge is 0.150 e. The summed E-state index contributed by atoms with van der Waals surface area (Å²) in [6, 6.07) is 8.91. The molecule has 4 nitrogen and oxygen atoms in total.